The predicted molar refractivity (Wildman–Crippen MR) is 123 cm³/mol. The molecule has 1 atom stereocenters. The van der Waals surface area contributed by atoms with Crippen LogP contribution in [0.1, 0.15) is 30.0 Å². The standard InChI is InChI=1S/C20H22ClN5O.HI/c1-13-6-4-5-7-17(13)14(2)24-20(22-3)23-12-18-25-19(26-27-18)15-8-10-16(21)11-9-15;/h4-11,14H,12H2,1-3H3,(H2,22,23,24);1H. The van der Waals surface area contributed by atoms with Crippen LogP contribution in [0.15, 0.2) is 58.0 Å². The molecule has 0 spiro atoms. The molecule has 0 aliphatic rings. The maximum Gasteiger partial charge on any atom is 0.246 e. The molecule has 28 heavy (non-hydrogen) atoms. The zero-order valence-corrected chi connectivity index (χ0v) is 19.0. The minimum atomic E-state index is 0. The van der Waals surface area contributed by atoms with Gasteiger partial charge in [-0.05, 0) is 49.2 Å². The molecule has 0 fully saturated rings. The highest BCUT2D eigenvalue weighted by atomic mass is 127. The van der Waals surface area contributed by atoms with Crippen molar-refractivity contribution in [3.63, 3.8) is 0 Å². The van der Waals surface area contributed by atoms with Gasteiger partial charge in [-0.2, -0.15) is 4.98 Å². The van der Waals surface area contributed by atoms with Gasteiger partial charge in [0.1, 0.15) is 0 Å². The van der Waals surface area contributed by atoms with E-state index < -0.39 is 0 Å². The van der Waals surface area contributed by atoms with E-state index in [1.165, 1.54) is 11.1 Å². The van der Waals surface area contributed by atoms with Crippen LogP contribution in [0.5, 0.6) is 0 Å². The normalized spacial score (nSPS) is 12.2. The fourth-order valence-corrected chi connectivity index (χ4v) is 2.88. The van der Waals surface area contributed by atoms with Gasteiger partial charge in [-0.3, -0.25) is 4.99 Å². The summed E-state index contributed by atoms with van der Waals surface area (Å²) in [6, 6.07) is 15.7. The maximum atomic E-state index is 5.91. The molecule has 1 heterocycles. The van der Waals surface area contributed by atoms with Gasteiger partial charge in [-0.1, -0.05) is 41.0 Å². The minimum absolute atomic E-state index is 0. The summed E-state index contributed by atoms with van der Waals surface area (Å²) in [5.74, 6) is 1.67. The Morgan fingerprint density at radius 1 is 1.18 bits per heavy atom. The molecule has 2 aromatic carbocycles. The molecule has 0 aliphatic heterocycles. The van der Waals surface area contributed by atoms with Crippen molar-refractivity contribution >= 4 is 41.5 Å². The smallest absolute Gasteiger partial charge is 0.246 e. The van der Waals surface area contributed by atoms with E-state index in [9.17, 15) is 0 Å². The van der Waals surface area contributed by atoms with Crippen LogP contribution in [-0.2, 0) is 6.54 Å². The van der Waals surface area contributed by atoms with E-state index >= 15 is 0 Å². The molecule has 0 saturated carbocycles. The molecular weight excluding hydrogens is 489 g/mol. The second-order valence-electron chi connectivity index (χ2n) is 6.17. The zero-order valence-electron chi connectivity index (χ0n) is 15.9. The molecule has 3 aromatic rings. The molecule has 1 aromatic heterocycles. The highest BCUT2D eigenvalue weighted by Crippen LogP contribution is 2.19. The number of nitrogens with one attached hydrogen (secondary N) is 2. The quantitative estimate of drug-likeness (QED) is 0.294. The number of hydrogen-bond acceptors (Lipinski definition) is 4. The van der Waals surface area contributed by atoms with Crippen LogP contribution < -0.4 is 10.6 Å². The van der Waals surface area contributed by atoms with Gasteiger partial charge in [-0.15, -0.1) is 24.0 Å². The van der Waals surface area contributed by atoms with E-state index in [0.29, 0.717) is 29.2 Å². The van der Waals surface area contributed by atoms with Crippen molar-refractivity contribution in [2.45, 2.75) is 26.4 Å². The van der Waals surface area contributed by atoms with Gasteiger partial charge in [-0.25, -0.2) is 0 Å². The lowest BCUT2D eigenvalue weighted by molar-refractivity contribution is 0.375. The van der Waals surface area contributed by atoms with Crippen molar-refractivity contribution in [3.05, 3.63) is 70.6 Å². The summed E-state index contributed by atoms with van der Waals surface area (Å²) >= 11 is 5.91. The van der Waals surface area contributed by atoms with E-state index in [4.69, 9.17) is 16.1 Å². The lowest BCUT2D eigenvalue weighted by Crippen LogP contribution is -2.38. The van der Waals surface area contributed by atoms with E-state index in [2.05, 4.69) is 51.7 Å². The molecule has 0 aliphatic carbocycles. The topological polar surface area (TPSA) is 75.3 Å². The molecule has 1 unspecified atom stereocenters. The molecule has 2 N–H and O–H groups in total. The first kappa shape index (κ1) is 22.2. The Morgan fingerprint density at radius 3 is 2.57 bits per heavy atom. The lowest BCUT2D eigenvalue weighted by Gasteiger charge is -2.19. The highest BCUT2D eigenvalue weighted by molar-refractivity contribution is 14.0. The summed E-state index contributed by atoms with van der Waals surface area (Å²) in [6.07, 6.45) is 0. The first-order valence-electron chi connectivity index (χ1n) is 8.68. The van der Waals surface area contributed by atoms with Crippen LogP contribution in [0.3, 0.4) is 0 Å². The average Bonchev–Trinajstić information content (AvgIpc) is 3.15. The van der Waals surface area contributed by atoms with E-state index in [-0.39, 0.29) is 30.0 Å². The van der Waals surface area contributed by atoms with Crippen LogP contribution in [0.4, 0.5) is 0 Å². The van der Waals surface area contributed by atoms with Gasteiger partial charge in [0.05, 0.1) is 12.6 Å². The van der Waals surface area contributed by atoms with Crippen molar-refractivity contribution in [2.24, 2.45) is 4.99 Å². The largest absolute Gasteiger partial charge is 0.350 e. The molecule has 0 saturated heterocycles. The second-order valence-corrected chi connectivity index (χ2v) is 6.60. The Hall–Kier alpha value is -2.13. The summed E-state index contributed by atoms with van der Waals surface area (Å²) in [5, 5.41) is 11.3. The third-order valence-corrected chi connectivity index (χ3v) is 4.46. The first-order valence-corrected chi connectivity index (χ1v) is 9.06. The van der Waals surface area contributed by atoms with E-state index in [1.807, 2.05) is 24.3 Å². The highest BCUT2D eigenvalue weighted by Gasteiger charge is 2.12. The number of guanidine groups is 1. The summed E-state index contributed by atoms with van der Waals surface area (Å²) < 4.78 is 5.31. The Kier molecular flexibility index (Phi) is 8.25. The van der Waals surface area contributed by atoms with Gasteiger partial charge in [0.15, 0.2) is 5.96 Å². The number of aryl methyl sites for hydroxylation is 1. The fraction of sp³-hybridized carbons (Fsp3) is 0.250. The van der Waals surface area contributed by atoms with Crippen molar-refractivity contribution in [1.82, 2.24) is 20.8 Å². The SMILES string of the molecule is CN=C(NCc1nc(-c2ccc(Cl)cc2)no1)NC(C)c1ccccc1C.I. The van der Waals surface area contributed by atoms with Crippen molar-refractivity contribution in [3.8, 4) is 11.4 Å². The third kappa shape index (κ3) is 5.68. The Morgan fingerprint density at radius 2 is 1.89 bits per heavy atom. The number of aliphatic imine (C=N–C) groups is 1. The molecular formula is C20H23ClIN5O. The Balaban J connectivity index is 0.00000280. The Bertz CT molecular complexity index is 926. The van der Waals surface area contributed by atoms with Crippen molar-refractivity contribution < 1.29 is 4.52 Å². The van der Waals surface area contributed by atoms with Crippen LogP contribution >= 0.6 is 35.6 Å². The predicted octanol–water partition coefficient (Wildman–Crippen LogP) is 4.74. The Labute approximate surface area is 186 Å². The lowest BCUT2D eigenvalue weighted by atomic mass is 10.0. The van der Waals surface area contributed by atoms with Crippen LogP contribution in [0.25, 0.3) is 11.4 Å². The first-order chi connectivity index (χ1) is 13.1. The average molecular weight is 512 g/mol. The number of aromatic nitrogens is 2. The summed E-state index contributed by atoms with van der Waals surface area (Å²) in [5.41, 5.74) is 3.31. The summed E-state index contributed by atoms with van der Waals surface area (Å²) in [6.45, 7) is 4.57. The molecule has 0 amide bonds. The van der Waals surface area contributed by atoms with Gasteiger partial charge in [0, 0.05) is 17.6 Å². The van der Waals surface area contributed by atoms with E-state index in [1.54, 1.807) is 19.2 Å². The molecule has 0 bridgehead atoms. The maximum absolute atomic E-state index is 5.91. The zero-order chi connectivity index (χ0) is 19.2. The number of hydrogen-bond donors (Lipinski definition) is 2. The van der Waals surface area contributed by atoms with Gasteiger partial charge in [0.2, 0.25) is 11.7 Å². The number of benzene rings is 2. The number of halogens is 2. The molecule has 8 heteroatoms. The number of rotatable bonds is 5. The van der Waals surface area contributed by atoms with E-state index in [0.717, 1.165) is 5.56 Å². The summed E-state index contributed by atoms with van der Waals surface area (Å²) in [7, 11) is 1.73. The van der Waals surface area contributed by atoms with Crippen LogP contribution in [0, 0.1) is 6.92 Å². The minimum Gasteiger partial charge on any atom is -0.350 e. The fourth-order valence-electron chi connectivity index (χ4n) is 2.75. The second kappa shape index (κ2) is 10.4. The third-order valence-electron chi connectivity index (χ3n) is 4.21. The van der Waals surface area contributed by atoms with Crippen molar-refractivity contribution in [1.29, 1.82) is 0 Å². The monoisotopic (exact) mass is 511 g/mol. The molecule has 148 valence electrons. The van der Waals surface area contributed by atoms with Gasteiger partial charge >= 0.3 is 0 Å². The van der Waals surface area contributed by atoms with Crippen LogP contribution in [0.2, 0.25) is 5.02 Å². The molecule has 6 nitrogen and oxygen atoms in total. The number of nitrogens with zero attached hydrogens (tertiary/aromatic N) is 3. The molecule has 0 radical (unpaired) electrons. The van der Waals surface area contributed by atoms with Gasteiger partial charge < -0.3 is 15.2 Å². The van der Waals surface area contributed by atoms with Crippen LogP contribution in [-0.4, -0.2) is 23.1 Å². The van der Waals surface area contributed by atoms with Gasteiger partial charge in [0.25, 0.3) is 0 Å². The summed E-state index contributed by atoms with van der Waals surface area (Å²) in [4.78, 5) is 8.66. The molecule has 3 rings (SSSR count). The van der Waals surface area contributed by atoms with Crippen molar-refractivity contribution in [2.75, 3.05) is 7.05 Å².